The van der Waals surface area contributed by atoms with Gasteiger partial charge in [-0.1, -0.05) is 11.6 Å². The minimum atomic E-state index is -0.0412. The Hall–Kier alpha value is -1.11. The first kappa shape index (κ1) is 15.3. The van der Waals surface area contributed by atoms with Crippen LogP contribution in [0.3, 0.4) is 0 Å². The van der Waals surface area contributed by atoms with Crippen molar-refractivity contribution in [1.82, 2.24) is 20.0 Å². The summed E-state index contributed by atoms with van der Waals surface area (Å²) in [6.45, 7) is 8.83. The minimum absolute atomic E-state index is 0.0412. The third kappa shape index (κ3) is 3.94. The molecule has 1 fully saturated rings. The zero-order valence-corrected chi connectivity index (χ0v) is 12.7. The number of aromatic nitrogens is 2. The second kappa shape index (κ2) is 7.06. The average molecular weight is 301 g/mol. The van der Waals surface area contributed by atoms with Gasteiger partial charge in [0, 0.05) is 26.2 Å². The number of carbonyl (C=O) groups is 1. The van der Waals surface area contributed by atoms with Crippen LogP contribution in [-0.4, -0.2) is 60.0 Å². The first-order valence-electron chi connectivity index (χ1n) is 6.84. The Morgan fingerprint density at radius 2 is 2.10 bits per heavy atom. The Kier molecular flexibility index (Phi) is 5.39. The smallest absolute Gasteiger partial charge is 0.241 e. The van der Waals surface area contributed by atoms with Gasteiger partial charge in [-0.2, -0.15) is 5.10 Å². The van der Waals surface area contributed by atoms with Gasteiger partial charge in [0.15, 0.2) is 0 Å². The van der Waals surface area contributed by atoms with Crippen LogP contribution in [0, 0.1) is 13.8 Å². The molecule has 0 atom stereocenters. The summed E-state index contributed by atoms with van der Waals surface area (Å²) < 4.78 is 6.92. The van der Waals surface area contributed by atoms with E-state index in [9.17, 15) is 4.79 Å². The lowest BCUT2D eigenvalue weighted by molar-refractivity contribution is -0.121. The highest BCUT2D eigenvalue weighted by Crippen LogP contribution is 2.18. The Morgan fingerprint density at radius 3 is 2.70 bits per heavy atom. The summed E-state index contributed by atoms with van der Waals surface area (Å²) in [4.78, 5) is 14.2. The van der Waals surface area contributed by atoms with Crippen molar-refractivity contribution >= 4 is 17.5 Å². The molecule has 1 aromatic rings. The number of rotatable bonds is 5. The standard InChI is InChI=1S/C13H21ClN4O2/c1-10-13(14)11(2)18(16-10)9-12(19)15-3-4-17-5-7-20-8-6-17/h3-9H2,1-2H3,(H,15,19). The van der Waals surface area contributed by atoms with Gasteiger partial charge in [-0.05, 0) is 13.8 Å². The predicted molar refractivity (Wildman–Crippen MR) is 77.0 cm³/mol. The number of amides is 1. The molecule has 112 valence electrons. The van der Waals surface area contributed by atoms with Crippen LogP contribution in [0.5, 0.6) is 0 Å². The Labute approximate surface area is 124 Å². The van der Waals surface area contributed by atoms with E-state index in [1.807, 2.05) is 13.8 Å². The molecule has 1 saturated heterocycles. The molecule has 1 N–H and O–H groups in total. The molecule has 1 aliphatic heterocycles. The van der Waals surface area contributed by atoms with Gasteiger partial charge in [-0.15, -0.1) is 0 Å². The van der Waals surface area contributed by atoms with Gasteiger partial charge >= 0.3 is 0 Å². The molecule has 0 radical (unpaired) electrons. The molecular formula is C13H21ClN4O2. The van der Waals surface area contributed by atoms with Crippen LogP contribution >= 0.6 is 11.6 Å². The summed E-state index contributed by atoms with van der Waals surface area (Å²) in [7, 11) is 0. The summed E-state index contributed by atoms with van der Waals surface area (Å²) in [5, 5.41) is 7.78. The quantitative estimate of drug-likeness (QED) is 0.865. The summed E-state index contributed by atoms with van der Waals surface area (Å²) >= 11 is 6.05. The number of hydrogen-bond donors (Lipinski definition) is 1. The molecule has 0 saturated carbocycles. The first-order valence-corrected chi connectivity index (χ1v) is 7.22. The average Bonchev–Trinajstić information content (AvgIpc) is 2.67. The Morgan fingerprint density at radius 1 is 1.40 bits per heavy atom. The maximum Gasteiger partial charge on any atom is 0.241 e. The molecule has 1 aliphatic rings. The summed E-state index contributed by atoms with van der Waals surface area (Å²) in [5.41, 5.74) is 1.58. The van der Waals surface area contributed by atoms with Crippen LogP contribution in [0.4, 0.5) is 0 Å². The van der Waals surface area contributed by atoms with E-state index >= 15 is 0 Å². The topological polar surface area (TPSA) is 59.4 Å². The summed E-state index contributed by atoms with van der Waals surface area (Å²) in [5.74, 6) is -0.0412. The molecule has 2 heterocycles. The van der Waals surface area contributed by atoms with Crippen LogP contribution in [0.25, 0.3) is 0 Å². The summed E-state index contributed by atoms with van der Waals surface area (Å²) in [6, 6.07) is 0. The van der Waals surface area contributed by atoms with Gasteiger partial charge in [0.05, 0.1) is 29.6 Å². The maximum atomic E-state index is 11.9. The second-order valence-electron chi connectivity index (χ2n) is 4.95. The first-order chi connectivity index (χ1) is 9.58. The highest BCUT2D eigenvalue weighted by atomic mass is 35.5. The largest absolute Gasteiger partial charge is 0.379 e. The molecule has 1 amide bonds. The lowest BCUT2D eigenvalue weighted by atomic mass is 10.4. The van der Waals surface area contributed by atoms with Gasteiger partial charge in [0.1, 0.15) is 6.54 Å². The van der Waals surface area contributed by atoms with Crippen LogP contribution in [0.15, 0.2) is 0 Å². The van der Waals surface area contributed by atoms with Crippen molar-refractivity contribution in [1.29, 1.82) is 0 Å². The summed E-state index contributed by atoms with van der Waals surface area (Å²) in [6.07, 6.45) is 0. The van der Waals surface area contributed by atoms with Crippen molar-refractivity contribution in [3.8, 4) is 0 Å². The SMILES string of the molecule is Cc1nn(CC(=O)NCCN2CCOCC2)c(C)c1Cl. The molecule has 7 heteroatoms. The van der Waals surface area contributed by atoms with E-state index in [0.29, 0.717) is 11.6 Å². The fourth-order valence-corrected chi connectivity index (χ4v) is 2.33. The van der Waals surface area contributed by atoms with E-state index in [1.165, 1.54) is 0 Å². The normalized spacial score (nSPS) is 16.4. The van der Waals surface area contributed by atoms with E-state index < -0.39 is 0 Å². The third-order valence-electron chi connectivity index (χ3n) is 3.44. The van der Waals surface area contributed by atoms with Crippen LogP contribution in [0.1, 0.15) is 11.4 Å². The Bertz CT molecular complexity index is 469. The van der Waals surface area contributed by atoms with E-state index in [1.54, 1.807) is 4.68 Å². The molecule has 20 heavy (non-hydrogen) atoms. The van der Waals surface area contributed by atoms with Gasteiger partial charge in [-0.25, -0.2) is 0 Å². The molecule has 0 spiro atoms. The van der Waals surface area contributed by atoms with Crippen molar-refractivity contribution in [3.63, 3.8) is 0 Å². The maximum absolute atomic E-state index is 11.9. The fraction of sp³-hybridized carbons (Fsp3) is 0.692. The lowest BCUT2D eigenvalue weighted by Gasteiger charge is -2.26. The van der Waals surface area contributed by atoms with E-state index in [2.05, 4.69) is 15.3 Å². The zero-order valence-electron chi connectivity index (χ0n) is 12.0. The molecule has 0 bridgehead atoms. The molecule has 0 aromatic carbocycles. The number of halogens is 1. The van der Waals surface area contributed by atoms with Crippen molar-refractivity contribution in [2.75, 3.05) is 39.4 Å². The van der Waals surface area contributed by atoms with Crippen molar-refractivity contribution < 1.29 is 9.53 Å². The molecular weight excluding hydrogens is 280 g/mol. The highest BCUT2D eigenvalue weighted by Gasteiger charge is 2.13. The number of ether oxygens (including phenoxy) is 1. The number of nitrogens with one attached hydrogen (secondary N) is 1. The van der Waals surface area contributed by atoms with Crippen LogP contribution < -0.4 is 5.32 Å². The van der Waals surface area contributed by atoms with Crippen molar-refractivity contribution in [3.05, 3.63) is 16.4 Å². The number of hydrogen-bond acceptors (Lipinski definition) is 4. The van der Waals surface area contributed by atoms with E-state index in [4.69, 9.17) is 16.3 Å². The zero-order chi connectivity index (χ0) is 14.5. The highest BCUT2D eigenvalue weighted by molar-refractivity contribution is 6.31. The molecule has 2 rings (SSSR count). The minimum Gasteiger partial charge on any atom is -0.379 e. The lowest BCUT2D eigenvalue weighted by Crippen LogP contribution is -2.41. The monoisotopic (exact) mass is 300 g/mol. The third-order valence-corrected chi connectivity index (χ3v) is 3.99. The Balaban J connectivity index is 1.73. The van der Waals surface area contributed by atoms with Crippen molar-refractivity contribution in [2.45, 2.75) is 20.4 Å². The predicted octanol–water partition coefficient (Wildman–Crippen LogP) is 0.602. The van der Waals surface area contributed by atoms with Crippen molar-refractivity contribution in [2.24, 2.45) is 0 Å². The van der Waals surface area contributed by atoms with Gasteiger partial charge < -0.3 is 10.1 Å². The van der Waals surface area contributed by atoms with E-state index in [-0.39, 0.29) is 12.5 Å². The number of carbonyl (C=O) groups excluding carboxylic acids is 1. The second-order valence-corrected chi connectivity index (χ2v) is 5.32. The van der Waals surface area contributed by atoms with Gasteiger partial charge in [-0.3, -0.25) is 14.4 Å². The van der Waals surface area contributed by atoms with E-state index in [0.717, 1.165) is 44.2 Å². The van der Waals surface area contributed by atoms with Crippen LogP contribution in [-0.2, 0) is 16.1 Å². The molecule has 1 aromatic heterocycles. The number of aryl methyl sites for hydroxylation is 1. The molecule has 6 nitrogen and oxygen atoms in total. The van der Waals surface area contributed by atoms with Gasteiger partial charge in [0.25, 0.3) is 0 Å². The van der Waals surface area contributed by atoms with Gasteiger partial charge in [0.2, 0.25) is 5.91 Å². The molecule has 0 unspecified atom stereocenters. The fourth-order valence-electron chi connectivity index (χ4n) is 2.20. The number of nitrogens with zero attached hydrogens (tertiary/aromatic N) is 3. The molecule has 0 aliphatic carbocycles. The number of morpholine rings is 1. The van der Waals surface area contributed by atoms with Crippen LogP contribution in [0.2, 0.25) is 5.02 Å².